The second-order valence-electron chi connectivity index (χ2n) is 6.99. The Morgan fingerprint density at radius 1 is 1.08 bits per heavy atom. The van der Waals surface area contributed by atoms with E-state index in [9.17, 15) is 9.59 Å². The van der Waals surface area contributed by atoms with Crippen LogP contribution >= 0.6 is 0 Å². The van der Waals surface area contributed by atoms with Gasteiger partial charge < -0.3 is 19.1 Å². The molecule has 6 heteroatoms. The topological polar surface area (TPSA) is 65.1 Å². The highest BCUT2D eigenvalue weighted by Gasteiger charge is 2.35. The number of hydrogen-bond acceptors (Lipinski definition) is 5. The van der Waals surface area contributed by atoms with Crippen molar-refractivity contribution in [2.45, 2.75) is 44.6 Å². The molecule has 0 radical (unpaired) electrons. The van der Waals surface area contributed by atoms with Crippen LogP contribution in [0, 0.1) is 5.92 Å². The first-order valence-electron chi connectivity index (χ1n) is 9.32. The lowest BCUT2D eigenvalue weighted by atomic mass is 9.78. The largest absolute Gasteiger partial charge is 0.493 e. The number of rotatable bonds is 5. The molecule has 142 valence electrons. The van der Waals surface area contributed by atoms with Crippen molar-refractivity contribution in [3.63, 3.8) is 0 Å². The molecule has 0 aromatic heterocycles. The van der Waals surface area contributed by atoms with Crippen molar-refractivity contribution in [3.8, 4) is 11.5 Å². The average Bonchev–Trinajstić information content (AvgIpc) is 2.70. The monoisotopic (exact) mass is 361 g/mol. The molecule has 2 atom stereocenters. The van der Waals surface area contributed by atoms with Gasteiger partial charge in [-0.1, -0.05) is 12.8 Å². The van der Waals surface area contributed by atoms with Crippen molar-refractivity contribution >= 4 is 11.9 Å². The summed E-state index contributed by atoms with van der Waals surface area (Å²) in [5, 5.41) is 0. The number of carbonyl (C=O) groups is 2. The summed E-state index contributed by atoms with van der Waals surface area (Å²) < 4.78 is 15.7. The Bertz CT molecular complexity index is 658. The van der Waals surface area contributed by atoms with Crippen molar-refractivity contribution in [2.75, 3.05) is 27.4 Å². The van der Waals surface area contributed by atoms with Gasteiger partial charge in [0.2, 0.25) is 0 Å². The van der Waals surface area contributed by atoms with E-state index in [4.69, 9.17) is 14.2 Å². The fourth-order valence-corrected chi connectivity index (χ4v) is 4.19. The van der Waals surface area contributed by atoms with E-state index in [1.54, 1.807) is 18.2 Å². The number of esters is 1. The molecule has 2 fully saturated rings. The number of likely N-dealkylation sites (tertiary alicyclic amines) is 1. The van der Waals surface area contributed by atoms with Crippen molar-refractivity contribution in [1.29, 1.82) is 0 Å². The molecule has 1 aliphatic heterocycles. The maximum Gasteiger partial charge on any atom is 0.337 e. The van der Waals surface area contributed by atoms with Gasteiger partial charge in [0.05, 0.1) is 19.8 Å². The van der Waals surface area contributed by atoms with E-state index in [1.807, 2.05) is 4.90 Å². The lowest BCUT2D eigenvalue weighted by Crippen LogP contribution is -2.51. The van der Waals surface area contributed by atoms with Gasteiger partial charge in [0.25, 0.3) is 5.91 Å². The van der Waals surface area contributed by atoms with Crippen LogP contribution in [0.1, 0.15) is 48.9 Å². The lowest BCUT2D eigenvalue weighted by molar-refractivity contribution is -0.139. The third-order valence-electron chi connectivity index (χ3n) is 5.50. The number of carbonyl (C=O) groups excluding carboxylic acids is 2. The zero-order valence-electron chi connectivity index (χ0n) is 15.5. The molecule has 0 bridgehead atoms. The highest BCUT2D eigenvalue weighted by molar-refractivity contribution is 5.90. The van der Waals surface area contributed by atoms with E-state index >= 15 is 0 Å². The van der Waals surface area contributed by atoms with Crippen LogP contribution in [-0.2, 0) is 9.53 Å². The van der Waals surface area contributed by atoms with Crippen LogP contribution in [0.5, 0.6) is 11.5 Å². The Morgan fingerprint density at radius 2 is 1.85 bits per heavy atom. The van der Waals surface area contributed by atoms with Gasteiger partial charge >= 0.3 is 5.97 Å². The second-order valence-corrected chi connectivity index (χ2v) is 6.99. The van der Waals surface area contributed by atoms with Crippen molar-refractivity contribution < 1.29 is 23.8 Å². The Kier molecular flexibility index (Phi) is 6.01. The minimum Gasteiger partial charge on any atom is -0.493 e. The molecule has 1 aromatic carbocycles. The summed E-state index contributed by atoms with van der Waals surface area (Å²) in [4.78, 5) is 26.4. The molecule has 1 saturated carbocycles. The summed E-state index contributed by atoms with van der Waals surface area (Å²) in [6.07, 6.45) is 7.13. The molecule has 1 saturated heterocycles. The van der Waals surface area contributed by atoms with E-state index in [0.717, 1.165) is 19.4 Å². The number of benzene rings is 1. The van der Waals surface area contributed by atoms with Gasteiger partial charge in [-0.05, 0) is 49.8 Å². The summed E-state index contributed by atoms with van der Waals surface area (Å²) in [5.41, 5.74) is 0.379. The number of fused-ring (bicyclic) bond motifs is 1. The number of hydrogen-bond donors (Lipinski definition) is 0. The molecule has 0 unspecified atom stereocenters. The first-order valence-corrected chi connectivity index (χ1v) is 9.32. The van der Waals surface area contributed by atoms with E-state index in [1.165, 1.54) is 39.9 Å². The molecule has 0 spiro atoms. The average molecular weight is 361 g/mol. The van der Waals surface area contributed by atoms with Crippen LogP contribution in [0.25, 0.3) is 0 Å². The molecule has 1 aromatic rings. The standard InChI is InChI=1S/C20H27NO5/c1-24-18-12-15(20(23)25-2)9-10-17(18)26-13-19(22)21-11-5-7-14-6-3-4-8-16(14)21/h9-10,12,14,16H,3-8,11,13H2,1-2H3/t14-,16+/m0/s1. The predicted molar refractivity (Wildman–Crippen MR) is 96.5 cm³/mol. The van der Waals surface area contributed by atoms with Crippen LogP contribution in [0.15, 0.2) is 18.2 Å². The molecule has 3 rings (SSSR count). The highest BCUT2D eigenvalue weighted by atomic mass is 16.5. The number of piperidine rings is 1. The van der Waals surface area contributed by atoms with Gasteiger partial charge in [-0.15, -0.1) is 0 Å². The summed E-state index contributed by atoms with van der Waals surface area (Å²) >= 11 is 0. The molecular weight excluding hydrogens is 334 g/mol. The number of methoxy groups -OCH3 is 2. The quantitative estimate of drug-likeness (QED) is 0.754. The molecule has 1 aliphatic carbocycles. The summed E-state index contributed by atoms with van der Waals surface area (Å²) in [6.45, 7) is 0.804. The van der Waals surface area contributed by atoms with E-state index < -0.39 is 5.97 Å². The van der Waals surface area contributed by atoms with Gasteiger partial charge in [0, 0.05) is 12.6 Å². The van der Waals surface area contributed by atoms with Crippen molar-refractivity contribution in [1.82, 2.24) is 4.90 Å². The summed E-state index contributed by atoms with van der Waals surface area (Å²) in [7, 11) is 2.83. The molecule has 1 amide bonds. The zero-order valence-corrected chi connectivity index (χ0v) is 15.5. The lowest BCUT2D eigenvalue weighted by Gasteiger charge is -2.44. The maximum atomic E-state index is 12.7. The maximum absolute atomic E-state index is 12.7. The third-order valence-corrected chi connectivity index (χ3v) is 5.50. The van der Waals surface area contributed by atoms with Gasteiger partial charge in [0.1, 0.15) is 0 Å². The van der Waals surface area contributed by atoms with E-state index in [0.29, 0.717) is 29.0 Å². The third kappa shape index (κ3) is 3.94. The van der Waals surface area contributed by atoms with Crippen LogP contribution in [0.2, 0.25) is 0 Å². The number of ether oxygens (including phenoxy) is 3. The minimum absolute atomic E-state index is 0.0167. The van der Waals surface area contributed by atoms with Crippen molar-refractivity contribution in [3.05, 3.63) is 23.8 Å². The molecular formula is C20H27NO5. The Balaban J connectivity index is 1.64. The fourth-order valence-electron chi connectivity index (χ4n) is 4.19. The molecule has 0 N–H and O–H groups in total. The molecule has 2 aliphatic rings. The molecule has 1 heterocycles. The molecule has 26 heavy (non-hydrogen) atoms. The van der Waals surface area contributed by atoms with Gasteiger partial charge in [0.15, 0.2) is 18.1 Å². The Labute approximate surface area is 154 Å². The predicted octanol–water partition coefficient (Wildman–Crippen LogP) is 3.04. The van der Waals surface area contributed by atoms with Crippen LogP contribution in [0.4, 0.5) is 0 Å². The smallest absolute Gasteiger partial charge is 0.337 e. The first-order chi connectivity index (χ1) is 12.6. The van der Waals surface area contributed by atoms with Crippen LogP contribution < -0.4 is 9.47 Å². The fraction of sp³-hybridized carbons (Fsp3) is 0.600. The normalized spacial score (nSPS) is 22.3. The number of amides is 1. The SMILES string of the molecule is COC(=O)c1ccc(OCC(=O)N2CCC[C@@H]3CCCC[C@H]32)c(OC)c1. The van der Waals surface area contributed by atoms with Gasteiger partial charge in [-0.25, -0.2) is 4.79 Å². The second kappa shape index (κ2) is 8.43. The van der Waals surface area contributed by atoms with Crippen LogP contribution in [-0.4, -0.2) is 50.2 Å². The van der Waals surface area contributed by atoms with Crippen LogP contribution in [0.3, 0.4) is 0 Å². The van der Waals surface area contributed by atoms with E-state index in [2.05, 4.69) is 0 Å². The number of nitrogens with zero attached hydrogens (tertiary/aromatic N) is 1. The first kappa shape index (κ1) is 18.5. The van der Waals surface area contributed by atoms with Crippen molar-refractivity contribution in [2.24, 2.45) is 5.92 Å². The van der Waals surface area contributed by atoms with Gasteiger partial charge in [-0.2, -0.15) is 0 Å². The zero-order chi connectivity index (χ0) is 18.5. The summed E-state index contributed by atoms with van der Waals surface area (Å²) in [5.74, 6) is 1.10. The summed E-state index contributed by atoms with van der Waals surface area (Å²) in [6, 6.07) is 5.17. The Morgan fingerprint density at radius 3 is 2.62 bits per heavy atom. The van der Waals surface area contributed by atoms with E-state index in [-0.39, 0.29) is 12.5 Å². The Hall–Kier alpha value is -2.24. The minimum atomic E-state index is -0.442. The van der Waals surface area contributed by atoms with Gasteiger partial charge in [-0.3, -0.25) is 4.79 Å². The molecule has 6 nitrogen and oxygen atoms in total. The highest BCUT2D eigenvalue weighted by Crippen LogP contribution is 2.35.